The van der Waals surface area contributed by atoms with Crippen molar-refractivity contribution in [3.63, 3.8) is 0 Å². The Morgan fingerprint density at radius 3 is 2.77 bits per heavy atom. The Morgan fingerprint density at radius 1 is 1.36 bits per heavy atom. The number of aliphatic hydroxyl groups is 1. The number of nitrogens with one attached hydrogen (secondary N) is 1. The number of rotatable bonds is 5. The van der Waals surface area contributed by atoms with Crippen molar-refractivity contribution in [3.05, 3.63) is 35.4 Å². The second kappa shape index (κ2) is 8.18. The molecule has 0 radical (unpaired) electrons. The molecular weight excluding hydrogens is 276 g/mol. The van der Waals surface area contributed by atoms with Crippen molar-refractivity contribution in [3.8, 4) is 0 Å². The van der Waals surface area contributed by atoms with Crippen LogP contribution in [0, 0.1) is 6.92 Å². The number of urea groups is 1. The first-order valence-corrected chi connectivity index (χ1v) is 8.33. The third-order valence-corrected chi connectivity index (χ3v) is 4.56. The summed E-state index contributed by atoms with van der Waals surface area (Å²) in [6.07, 6.45) is 3.89. The highest BCUT2D eigenvalue weighted by atomic mass is 16.3. The van der Waals surface area contributed by atoms with E-state index in [1.807, 2.05) is 4.90 Å². The van der Waals surface area contributed by atoms with Crippen molar-refractivity contribution in [2.24, 2.45) is 0 Å². The smallest absolute Gasteiger partial charge is 0.317 e. The summed E-state index contributed by atoms with van der Waals surface area (Å²) < 4.78 is 0. The topological polar surface area (TPSA) is 52.6 Å². The number of amides is 2. The van der Waals surface area contributed by atoms with Crippen molar-refractivity contribution in [1.82, 2.24) is 10.2 Å². The minimum atomic E-state index is 0.0112. The van der Waals surface area contributed by atoms with Crippen LogP contribution in [-0.2, 0) is 0 Å². The number of carbonyl (C=O) groups is 1. The molecular formula is C18H28N2O2. The van der Waals surface area contributed by atoms with E-state index >= 15 is 0 Å². The fraction of sp³-hybridized carbons (Fsp3) is 0.611. The van der Waals surface area contributed by atoms with E-state index in [2.05, 4.69) is 43.4 Å². The van der Waals surface area contributed by atoms with E-state index in [-0.39, 0.29) is 18.7 Å². The lowest BCUT2D eigenvalue weighted by atomic mass is 9.99. The average Bonchev–Trinajstić information content (AvgIpc) is 2.54. The molecule has 2 amide bonds. The number of carbonyl (C=O) groups excluding carboxylic acids is 1. The molecule has 2 atom stereocenters. The fourth-order valence-electron chi connectivity index (χ4n) is 3.07. The molecule has 0 aromatic heterocycles. The van der Waals surface area contributed by atoms with Gasteiger partial charge < -0.3 is 15.3 Å². The van der Waals surface area contributed by atoms with Crippen LogP contribution in [0.15, 0.2) is 24.3 Å². The van der Waals surface area contributed by atoms with Crippen LogP contribution in [0.25, 0.3) is 0 Å². The molecule has 1 aliphatic heterocycles. The van der Waals surface area contributed by atoms with Gasteiger partial charge in [-0.25, -0.2) is 4.79 Å². The minimum absolute atomic E-state index is 0.0112. The molecule has 4 heteroatoms. The molecule has 0 saturated carbocycles. The van der Waals surface area contributed by atoms with Gasteiger partial charge in [0.05, 0.1) is 0 Å². The van der Waals surface area contributed by atoms with E-state index in [0.29, 0.717) is 18.9 Å². The third kappa shape index (κ3) is 4.47. The van der Waals surface area contributed by atoms with Gasteiger partial charge >= 0.3 is 6.03 Å². The Hall–Kier alpha value is -1.55. The van der Waals surface area contributed by atoms with Gasteiger partial charge in [-0.15, -0.1) is 0 Å². The molecule has 1 aromatic rings. The lowest BCUT2D eigenvalue weighted by molar-refractivity contribution is 0.131. The summed E-state index contributed by atoms with van der Waals surface area (Å²) in [5.74, 6) is 0.297. The largest absolute Gasteiger partial charge is 0.396 e. The maximum atomic E-state index is 12.4. The van der Waals surface area contributed by atoms with E-state index in [1.54, 1.807) is 0 Å². The second-order valence-corrected chi connectivity index (χ2v) is 6.35. The number of likely N-dealkylation sites (tertiary alicyclic amines) is 1. The SMILES string of the molecule is Cc1ccc(C(C)CNC(=O)N2CCCCC2CCO)cc1. The minimum Gasteiger partial charge on any atom is -0.396 e. The monoisotopic (exact) mass is 304 g/mol. The first-order chi connectivity index (χ1) is 10.6. The van der Waals surface area contributed by atoms with Gasteiger partial charge in [-0.1, -0.05) is 36.8 Å². The van der Waals surface area contributed by atoms with Crippen molar-refractivity contribution >= 4 is 6.03 Å². The molecule has 1 saturated heterocycles. The highest BCUT2D eigenvalue weighted by Crippen LogP contribution is 2.20. The Balaban J connectivity index is 1.86. The molecule has 2 rings (SSSR count). The zero-order valence-electron chi connectivity index (χ0n) is 13.7. The number of hydrogen-bond donors (Lipinski definition) is 2. The molecule has 2 N–H and O–H groups in total. The van der Waals surface area contributed by atoms with E-state index in [0.717, 1.165) is 25.8 Å². The summed E-state index contributed by atoms with van der Waals surface area (Å²) in [6, 6.07) is 8.67. The fourth-order valence-corrected chi connectivity index (χ4v) is 3.07. The molecule has 0 bridgehead atoms. The Labute approximate surface area is 133 Å². The first-order valence-electron chi connectivity index (χ1n) is 8.33. The highest BCUT2D eigenvalue weighted by Gasteiger charge is 2.26. The lowest BCUT2D eigenvalue weighted by Crippen LogP contribution is -2.49. The van der Waals surface area contributed by atoms with Crippen LogP contribution in [0.3, 0.4) is 0 Å². The van der Waals surface area contributed by atoms with Gasteiger partial charge in [-0.2, -0.15) is 0 Å². The van der Waals surface area contributed by atoms with Crippen LogP contribution >= 0.6 is 0 Å². The number of piperidine rings is 1. The van der Waals surface area contributed by atoms with E-state index in [4.69, 9.17) is 5.11 Å². The standard InChI is InChI=1S/C18H28N2O2/c1-14-6-8-16(9-7-14)15(2)13-19-18(22)20-11-4-3-5-17(20)10-12-21/h6-9,15,17,21H,3-5,10-13H2,1-2H3,(H,19,22). The summed E-state index contributed by atoms with van der Waals surface area (Å²) in [7, 11) is 0. The molecule has 0 aliphatic carbocycles. The van der Waals surface area contributed by atoms with Crippen molar-refractivity contribution < 1.29 is 9.90 Å². The van der Waals surface area contributed by atoms with Crippen LogP contribution in [0.1, 0.15) is 49.7 Å². The molecule has 1 aliphatic rings. The summed E-state index contributed by atoms with van der Waals surface area (Å²) in [4.78, 5) is 14.3. The quantitative estimate of drug-likeness (QED) is 0.878. The summed E-state index contributed by atoms with van der Waals surface area (Å²) >= 11 is 0. The molecule has 2 unspecified atom stereocenters. The molecule has 4 nitrogen and oxygen atoms in total. The van der Waals surface area contributed by atoms with Crippen LogP contribution in [-0.4, -0.2) is 41.8 Å². The normalized spacial score (nSPS) is 19.8. The van der Waals surface area contributed by atoms with Gasteiger partial charge in [0.25, 0.3) is 0 Å². The number of aryl methyl sites for hydroxylation is 1. The molecule has 1 fully saturated rings. The van der Waals surface area contributed by atoms with E-state index in [1.165, 1.54) is 11.1 Å². The van der Waals surface area contributed by atoms with Crippen LogP contribution in [0.4, 0.5) is 4.79 Å². The Kier molecular flexibility index (Phi) is 6.25. The zero-order chi connectivity index (χ0) is 15.9. The lowest BCUT2D eigenvalue weighted by Gasteiger charge is -2.35. The zero-order valence-corrected chi connectivity index (χ0v) is 13.7. The molecule has 1 heterocycles. The Morgan fingerprint density at radius 2 is 2.09 bits per heavy atom. The van der Waals surface area contributed by atoms with Gasteiger partial charge in [-0.05, 0) is 44.1 Å². The van der Waals surface area contributed by atoms with E-state index in [9.17, 15) is 4.79 Å². The molecule has 1 aromatic carbocycles. The van der Waals surface area contributed by atoms with Crippen molar-refractivity contribution in [2.45, 2.75) is 51.5 Å². The second-order valence-electron chi connectivity index (χ2n) is 6.35. The highest BCUT2D eigenvalue weighted by molar-refractivity contribution is 5.74. The van der Waals surface area contributed by atoms with Gasteiger partial charge in [-0.3, -0.25) is 0 Å². The maximum Gasteiger partial charge on any atom is 0.317 e. The molecule has 0 spiro atoms. The van der Waals surface area contributed by atoms with Crippen LogP contribution in [0.2, 0.25) is 0 Å². The predicted molar refractivity (Wildman–Crippen MR) is 89.0 cm³/mol. The van der Waals surface area contributed by atoms with Gasteiger partial charge in [0.2, 0.25) is 0 Å². The van der Waals surface area contributed by atoms with Crippen molar-refractivity contribution in [2.75, 3.05) is 19.7 Å². The van der Waals surface area contributed by atoms with Crippen LogP contribution in [0.5, 0.6) is 0 Å². The average molecular weight is 304 g/mol. The maximum absolute atomic E-state index is 12.4. The summed E-state index contributed by atoms with van der Waals surface area (Å²) in [5.41, 5.74) is 2.50. The number of nitrogens with zero attached hydrogens (tertiary/aromatic N) is 1. The van der Waals surface area contributed by atoms with Crippen molar-refractivity contribution in [1.29, 1.82) is 0 Å². The third-order valence-electron chi connectivity index (χ3n) is 4.56. The van der Waals surface area contributed by atoms with Crippen LogP contribution < -0.4 is 5.32 Å². The van der Waals surface area contributed by atoms with Gasteiger partial charge in [0.15, 0.2) is 0 Å². The molecule has 22 heavy (non-hydrogen) atoms. The Bertz CT molecular complexity index is 470. The number of benzene rings is 1. The predicted octanol–water partition coefficient (Wildman–Crippen LogP) is 3.05. The number of aliphatic hydroxyl groups excluding tert-OH is 1. The van der Waals surface area contributed by atoms with Gasteiger partial charge in [0.1, 0.15) is 0 Å². The van der Waals surface area contributed by atoms with E-state index < -0.39 is 0 Å². The molecule has 122 valence electrons. The first kappa shape index (κ1) is 16.8. The summed E-state index contributed by atoms with van der Waals surface area (Å²) in [6.45, 7) is 5.80. The number of hydrogen-bond acceptors (Lipinski definition) is 2. The van der Waals surface area contributed by atoms with Gasteiger partial charge in [0, 0.05) is 25.7 Å². The summed E-state index contributed by atoms with van der Waals surface area (Å²) in [5, 5.41) is 12.2.